The summed E-state index contributed by atoms with van der Waals surface area (Å²) >= 11 is 0. The van der Waals surface area contributed by atoms with Crippen molar-refractivity contribution >= 4 is 16.9 Å². The molecule has 9 heteroatoms. The Morgan fingerprint density at radius 2 is 1.76 bits per heavy atom. The first-order valence-corrected chi connectivity index (χ1v) is 9.95. The maximum absolute atomic E-state index is 13.1. The van der Waals surface area contributed by atoms with Crippen LogP contribution in [0.15, 0.2) is 60.8 Å². The number of methoxy groups -OCH3 is 1. The quantitative estimate of drug-likeness (QED) is 0.451. The number of rotatable bonds is 3. The Balaban J connectivity index is 0.000000235. The minimum absolute atomic E-state index is 0.0469. The zero-order chi connectivity index (χ0) is 24.2. The number of H-pyrrole nitrogens is 1. The van der Waals surface area contributed by atoms with Crippen LogP contribution in [0.1, 0.15) is 21.5 Å². The van der Waals surface area contributed by atoms with Gasteiger partial charge in [-0.05, 0) is 42.8 Å². The molecule has 0 aliphatic heterocycles. The molecule has 1 N–H and O–H groups in total. The molecule has 172 valence electrons. The van der Waals surface area contributed by atoms with E-state index in [4.69, 9.17) is 4.74 Å². The van der Waals surface area contributed by atoms with Gasteiger partial charge >= 0.3 is 6.18 Å². The Kier molecular flexibility index (Phi) is 7.01. The van der Waals surface area contributed by atoms with E-state index in [-0.39, 0.29) is 11.7 Å². The Labute approximate surface area is 189 Å². The number of carbonyl (C=O) groups excluding carboxylic acids is 1. The molecule has 0 aliphatic rings. The summed E-state index contributed by atoms with van der Waals surface area (Å²) in [6.07, 6.45) is -2.85. The molecule has 4 aromatic rings. The van der Waals surface area contributed by atoms with Crippen molar-refractivity contribution in [2.45, 2.75) is 13.1 Å². The highest BCUT2D eigenvalue weighted by molar-refractivity contribution is 5.94. The fourth-order valence-corrected chi connectivity index (χ4v) is 3.23. The van der Waals surface area contributed by atoms with Gasteiger partial charge in [0.2, 0.25) is 0 Å². The number of halogens is 3. The van der Waals surface area contributed by atoms with Crippen LogP contribution in [-0.4, -0.2) is 47.2 Å². The van der Waals surface area contributed by atoms with E-state index >= 15 is 0 Å². The molecular weight excluding hydrogens is 433 g/mol. The van der Waals surface area contributed by atoms with E-state index < -0.39 is 11.7 Å². The molecule has 0 fully saturated rings. The fourth-order valence-electron chi connectivity index (χ4n) is 3.23. The molecule has 1 amide bonds. The van der Waals surface area contributed by atoms with E-state index in [1.165, 1.54) is 13.2 Å². The minimum atomic E-state index is -4.49. The Hall–Kier alpha value is -3.88. The molecule has 2 heterocycles. The molecule has 33 heavy (non-hydrogen) atoms. The molecule has 2 aromatic heterocycles. The molecule has 0 atom stereocenters. The molecule has 6 nitrogen and oxygen atoms in total. The van der Waals surface area contributed by atoms with E-state index in [9.17, 15) is 18.0 Å². The summed E-state index contributed by atoms with van der Waals surface area (Å²) in [5, 5.41) is 7.43. The number of carbonyl (C=O) groups is 1. The van der Waals surface area contributed by atoms with Crippen molar-refractivity contribution in [2.75, 3.05) is 21.2 Å². The van der Waals surface area contributed by atoms with Crippen molar-refractivity contribution in [1.82, 2.24) is 20.1 Å². The van der Waals surface area contributed by atoms with Crippen LogP contribution in [0.2, 0.25) is 0 Å². The number of aromatic amines is 1. The molecule has 2 aromatic carbocycles. The number of aryl methyl sites for hydroxylation is 1. The first-order valence-electron chi connectivity index (χ1n) is 9.95. The number of ether oxygens (including phenoxy) is 1. The first-order chi connectivity index (χ1) is 15.6. The lowest BCUT2D eigenvalue weighted by atomic mass is 10.0. The number of fused-ring (bicyclic) bond motifs is 1. The average molecular weight is 456 g/mol. The van der Waals surface area contributed by atoms with Crippen molar-refractivity contribution in [3.05, 3.63) is 77.5 Å². The van der Waals surface area contributed by atoms with Crippen molar-refractivity contribution < 1.29 is 22.7 Å². The predicted molar refractivity (Wildman–Crippen MR) is 120 cm³/mol. The van der Waals surface area contributed by atoms with Crippen molar-refractivity contribution in [2.24, 2.45) is 0 Å². The Bertz CT molecular complexity index is 1250. The van der Waals surface area contributed by atoms with E-state index in [2.05, 4.69) is 15.2 Å². The van der Waals surface area contributed by atoms with Gasteiger partial charge in [0, 0.05) is 36.8 Å². The third kappa shape index (κ3) is 5.31. The van der Waals surface area contributed by atoms with E-state index in [0.717, 1.165) is 17.2 Å². The van der Waals surface area contributed by atoms with Gasteiger partial charge in [0.25, 0.3) is 5.91 Å². The van der Waals surface area contributed by atoms with Gasteiger partial charge in [-0.25, -0.2) is 4.98 Å². The molecule has 0 unspecified atom stereocenters. The molecule has 0 saturated carbocycles. The van der Waals surface area contributed by atoms with E-state index in [0.29, 0.717) is 22.3 Å². The van der Waals surface area contributed by atoms with Crippen molar-refractivity contribution in [3.63, 3.8) is 0 Å². The first kappa shape index (κ1) is 23.8. The number of alkyl halides is 3. The SMILES string of the molecule is CN(C)C(=O)c1ccccc1.COc1c(-c2[nH]nc3ncc(C)cc23)cccc1C(F)(F)F. The number of pyridine rings is 1. The summed E-state index contributed by atoms with van der Waals surface area (Å²) in [6, 6.07) is 14.9. The summed E-state index contributed by atoms with van der Waals surface area (Å²) in [4.78, 5) is 17.0. The van der Waals surface area contributed by atoms with E-state index in [1.807, 2.05) is 43.3 Å². The third-order valence-electron chi connectivity index (χ3n) is 4.77. The van der Waals surface area contributed by atoms with Gasteiger partial charge in [0.1, 0.15) is 5.75 Å². The number of hydrogen-bond acceptors (Lipinski definition) is 4. The van der Waals surface area contributed by atoms with Crippen LogP contribution in [0.5, 0.6) is 5.75 Å². The number of aromatic nitrogens is 3. The van der Waals surface area contributed by atoms with Gasteiger partial charge in [0.15, 0.2) is 5.65 Å². The summed E-state index contributed by atoms with van der Waals surface area (Å²) in [6.45, 7) is 1.85. The lowest BCUT2D eigenvalue weighted by Gasteiger charge is -2.15. The van der Waals surface area contributed by atoms with Gasteiger partial charge in [-0.15, -0.1) is 0 Å². The van der Waals surface area contributed by atoms with E-state index in [1.54, 1.807) is 31.3 Å². The lowest BCUT2D eigenvalue weighted by Crippen LogP contribution is -2.21. The normalized spacial score (nSPS) is 11.0. The largest absolute Gasteiger partial charge is 0.495 e. The molecule has 0 bridgehead atoms. The molecule has 4 rings (SSSR count). The van der Waals surface area contributed by atoms with Gasteiger partial charge in [-0.1, -0.05) is 24.3 Å². The Morgan fingerprint density at radius 3 is 2.36 bits per heavy atom. The maximum Gasteiger partial charge on any atom is 0.419 e. The topological polar surface area (TPSA) is 71.1 Å². The number of amides is 1. The number of nitrogens with zero attached hydrogens (tertiary/aromatic N) is 3. The second kappa shape index (κ2) is 9.72. The molecule has 0 aliphatic carbocycles. The van der Waals surface area contributed by atoms with Crippen molar-refractivity contribution in [3.8, 4) is 17.0 Å². The molecule has 0 radical (unpaired) electrons. The van der Waals surface area contributed by atoms with Crippen LogP contribution < -0.4 is 4.74 Å². The second-order valence-electron chi connectivity index (χ2n) is 7.43. The fraction of sp³-hybridized carbons (Fsp3) is 0.208. The monoisotopic (exact) mass is 456 g/mol. The highest BCUT2D eigenvalue weighted by Crippen LogP contribution is 2.42. The molecule has 0 spiro atoms. The smallest absolute Gasteiger partial charge is 0.419 e. The van der Waals surface area contributed by atoms with Crippen LogP contribution in [0.3, 0.4) is 0 Å². The zero-order valence-electron chi connectivity index (χ0n) is 18.6. The highest BCUT2D eigenvalue weighted by atomic mass is 19.4. The average Bonchev–Trinajstić information content (AvgIpc) is 3.21. The number of hydrogen-bond donors (Lipinski definition) is 1. The van der Waals surface area contributed by atoms with Crippen LogP contribution in [0, 0.1) is 6.92 Å². The van der Waals surface area contributed by atoms with Crippen molar-refractivity contribution in [1.29, 1.82) is 0 Å². The van der Waals surface area contributed by atoms with Crippen LogP contribution in [0.25, 0.3) is 22.3 Å². The van der Waals surface area contributed by atoms with Crippen LogP contribution in [0.4, 0.5) is 13.2 Å². The van der Waals surface area contributed by atoms with Crippen LogP contribution >= 0.6 is 0 Å². The Morgan fingerprint density at radius 1 is 1.06 bits per heavy atom. The number of nitrogens with one attached hydrogen (secondary N) is 1. The highest BCUT2D eigenvalue weighted by Gasteiger charge is 2.35. The number of para-hydroxylation sites is 1. The summed E-state index contributed by atoms with van der Waals surface area (Å²) in [5.74, 6) is -0.187. The third-order valence-corrected chi connectivity index (χ3v) is 4.77. The maximum atomic E-state index is 13.1. The molecular formula is C24H23F3N4O2. The van der Waals surface area contributed by atoms with Gasteiger partial charge in [-0.2, -0.15) is 18.3 Å². The van der Waals surface area contributed by atoms with Gasteiger partial charge in [0.05, 0.1) is 18.4 Å². The van der Waals surface area contributed by atoms with Gasteiger partial charge < -0.3 is 9.64 Å². The van der Waals surface area contributed by atoms with Gasteiger partial charge in [-0.3, -0.25) is 9.89 Å². The van der Waals surface area contributed by atoms with Crippen LogP contribution in [-0.2, 0) is 6.18 Å². The minimum Gasteiger partial charge on any atom is -0.495 e. The zero-order valence-corrected chi connectivity index (χ0v) is 18.6. The summed E-state index contributed by atoms with van der Waals surface area (Å²) in [7, 11) is 4.71. The lowest BCUT2D eigenvalue weighted by molar-refractivity contribution is -0.138. The predicted octanol–water partition coefficient (Wildman–Crippen LogP) is 5.35. The standard InChI is InChI=1S/C15H12F3N3O.C9H11NO/c1-8-6-10-12(20-21-14(10)19-7-8)9-4-3-5-11(13(9)22-2)15(16,17)18;1-10(2)9(11)8-6-4-3-5-7-8/h3-7H,1-2H3,(H,19,20,21);3-7H,1-2H3. The second-order valence-corrected chi connectivity index (χ2v) is 7.43. The summed E-state index contributed by atoms with van der Waals surface area (Å²) in [5.41, 5.74) is 2.00. The number of benzene rings is 2. The molecule has 0 saturated heterocycles. The summed E-state index contributed by atoms with van der Waals surface area (Å²) < 4.78 is 44.4.